The van der Waals surface area contributed by atoms with Gasteiger partial charge in [-0.15, -0.1) is 0 Å². The molecule has 0 radical (unpaired) electrons. The van der Waals surface area contributed by atoms with Gasteiger partial charge in [-0.1, -0.05) is 44.6 Å². The number of anilines is 1. The van der Waals surface area contributed by atoms with Gasteiger partial charge in [0.25, 0.3) is 0 Å². The van der Waals surface area contributed by atoms with Crippen LogP contribution in [0.1, 0.15) is 43.4 Å². The molecule has 4 nitrogen and oxygen atoms in total. The minimum atomic E-state index is -1.34. The van der Waals surface area contributed by atoms with Crippen LogP contribution < -0.4 is 4.90 Å². The Morgan fingerprint density at radius 1 is 1.21 bits per heavy atom. The molecule has 3 unspecified atom stereocenters. The predicted molar refractivity (Wildman–Crippen MR) is 115 cm³/mol. The summed E-state index contributed by atoms with van der Waals surface area (Å²) in [5.41, 5.74) is 2.01. The second-order valence-corrected chi connectivity index (χ2v) is 9.74. The number of Topliss-reactive ketones (excluding diaryl/α,β-unsaturated/α-hetero) is 1. The number of aryl methyl sites for hydroxylation is 1. The molecule has 4 rings (SSSR count). The van der Waals surface area contributed by atoms with E-state index in [-0.39, 0.29) is 5.78 Å². The Hall–Kier alpha value is -2.89. The molecule has 2 aliphatic heterocycles. The summed E-state index contributed by atoms with van der Waals surface area (Å²) >= 11 is 1.52. The van der Waals surface area contributed by atoms with Gasteiger partial charge in [0, 0.05) is 17.0 Å². The lowest BCUT2D eigenvalue weighted by Crippen LogP contribution is -2.47. The van der Waals surface area contributed by atoms with Crippen LogP contribution in [0.5, 0.6) is 0 Å². The molecule has 1 aromatic carbocycles. The number of benzene rings is 1. The molecule has 5 heteroatoms. The first kappa shape index (κ1) is 19.4. The van der Waals surface area contributed by atoms with Gasteiger partial charge >= 0.3 is 0 Å². The van der Waals surface area contributed by atoms with Crippen LogP contribution in [0.3, 0.4) is 0 Å². The average Bonchev–Trinajstić information content (AvgIpc) is 3.30. The van der Waals surface area contributed by atoms with Gasteiger partial charge in [0.15, 0.2) is 11.2 Å². The zero-order chi connectivity index (χ0) is 21.0. The van der Waals surface area contributed by atoms with Crippen molar-refractivity contribution >= 4 is 28.9 Å². The van der Waals surface area contributed by atoms with Crippen LogP contribution in [0.2, 0.25) is 0 Å². The number of carbonyl (C=O) groups is 1. The Morgan fingerprint density at radius 2 is 1.93 bits per heavy atom. The number of thiophene rings is 1. The van der Waals surface area contributed by atoms with Gasteiger partial charge in [-0.2, -0.15) is 21.9 Å². The predicted octanol–water partition coefficient (Wildman–Crippen LogP) is 5.07. The number of nitriles is 2. The molecule has 2 aromatic rings. The summed E-state index contributed by atoms with van der Waals surface area (Å²) in [4.78, 5) is 15.8. The molecule has 1 aromatic heterocycles. The summed E-state index contributed by atoms with van der Waals surface area (Å²) in [6.07, 6.45) is 3.92. The summed E-state index contributed by atoms with van der Waals surface area (Å²) < 4.78 is 0. The normalized spacial score (nSPS) is 24.3. The van der Waals surface area contributed by atoms with Gasteiger partial charge in [0.1, 0.15) is 0 Å². The van der Waals surface area contributed by atoms with Crippen LogP contribution in [0.4, 0.5) is 5.69 Å². The fourth-order valence-electron chi connectivity index (χ4n) is 4.68. The molecular weight excluding hydrogens is 378 g/mol. The minimum absolute atomic E-state index is 0.0490. The van der Waals surface area contributed by atoms with Crippen LogP contribution in [-0.2, 0) is 4.79 Å². The number of nitrogens with zero attached hydrogens (tertiary/aromatic N) is 3. The van der Waals surface area contributed by atoms with E-state index in [9.17, 15) is 15.3 Å². The highest BCUT2D eigenvalue weighted by Crippen LogP contribution is 2.56. The van der Waals surface area contributed by atoms with E-state index in [1.54, 1.807) is 0 Å². The summed E-state index contributed by atoms with van der Waals surface area (Å²) in [7, 11) is 0. The van der Waals surface area contributed by atoms with Gasteiger partial charge in [-0.05, 0) is 47.0 Å². The summed E-state index contributed by atoms with van der Waals surface area (Å²) in [6, 6.07) is 11.7. The van der Waals surface area contributed by atoms with Crippen LogP contribution in [0.15, 0.2) is 41.1 Å². The molecule has 0 spiro atoms. The second-order valence-electron chi connectivity index (χ2n) is 8.96. The number of hydrogen-bond acceptors (Lipinski definition) is 5. The summed E-state index contributed by atoms with van der Waals surface area (Å²) in [5, 5.41) is 24.5. The Balaban J connectivity index is 2.02. The molecule has 0 bridgehead atoms. The number of hydrogen-bond donors (Lipinski definition) is 0. The van der Waals surface area contributed by atoms with E-state index in [4.69, 9.17) is 0 Å². The van der Waals surface area contributed by atoms with E-state index < -0.39 is 28.8 Å². The molecule has 3 heterocycles. The fraction of sp³-hybridized carbons (Fsp3) is 0.375. The Morgan fingerprint density at radius 3 is 2.52 bits per heavy atom. The maximum Gasteiger partial charge on any atom is 0.176 e. The molecule has 29 heavy (non-hydrogen) atoms. The van der Waals surface area contributed by atoms with Crippen LogP contribution in [-0.4, -0.2) is 17.9 Å². The van der Waals surface area contributed by atoms with E-state index in [2.05, 4.69) is 18.2 Å². The van der Waals surface area contributed by atoms with Crippen molar-refractivity contribution in [3.63, 3.8) is 0 Å². The quantitative estimate of drug-likeness (QED) is 0.704. The van der Waals surface area contributed by atoms with E-state index in [0.717, 1.165) is 22.4 Å². The van der Waals surface area contributed by atoms with Crippen molar-refractivity contribution in [1.82, 2.24) is 0 Å². The number of fused-ring (bicyclic) bond motifs is 3. The molecule has 1 fully saturated rings. The van der Waals surface area contributed by atoms with Crippen molar-refractivity contribution in [1.29, 1.82) is 10.5 Å². The molecule has 0 amide bonds. The van der Waals surface area contributed by atoms with Gasteiger partial charge < -0.3 is 4.90 Å². The van der Waals surface area contributed by atoms with Gasteiger partial charge in [0.05, 0.1) is 24.2 Å². The lowest BCUT2D eigenvalue weighted by Gasteiger charge is -2.37. The molecule has 0 aliphatic carbocycles. The maximum absolute atomic E-state index is 13.7. The maximum atomic E-state index is 13.7. The Kier molecular flexibility index (Phi) is 4.41. The van der Waals surface area contributed by atoms with E-state index in [0.29, 0.717) is 0 Å². The van der Waals surface area contributed by atoms with E-state index in [1.807, 2.05) is 73.7 Å². The molecule has 0 N–H and O–H groups in total. The second kappa shape index (κ2) is 6.58. The van der Waals surface area contributed by atoms with Crippen molar-refractivity contribution in [3.05, 3.63) is 57.8 Å². The first-order chi connectivity index (χ1) is 13.7. The van der Waals surface area contributed by atoms with Crippen molar-refractivity contribution in [2.75, 3.05) is 4.90 Å². The molecule has 0 saturated carbocycles. The fourth-order valence-corrected chi connectivity index (χ4v) is 5.38. The molecule has 146 valence electrons. The molecule has 3 atom stereocenters. The number of carbonyl (C=O) groups excluding carboxylic acids is 1. The lowest BCUT2D eigenvalue weighted by atomic mass is 9.68. The van der Waals surface area contributed by atoms with Crippen molar-refractivity contribution in [3.8, 4) is 12.1 Å². The van der Waals surface area contributed by atoms with Gasteiger partial charge in [-0.3, -0.25) is 4.79 Å². The zero-order valence-electron chi connectivity index (χ0n) is 17.0. The van der Waals surface area contributed by atoms with Crippen LogP contribution >= 0.6 is 11.3 Å². The van der Waals surface area contributed by atoms with Crippen LogP contribution in [0, 0.1) is 40.4 Å². The largest absolute Gasteiger partial charge is 0.351 e. The highest BCUT2D eigenvalue weighted by atomic mass is 32.1. The minimum Gasteiger partial charge on any atom is -0.351 e. The zero-order valence-corrected chi connectivity index (χ0v) is 17.8. The summed E-state index contributed by atoms with van der Waals surface area (Å²) in [5.74, 6) is -0.467. The Bertz CT molecular complexity index is 1060. The lowest BCUT2D eigenvalue weighted by molar-refractivity contribution is -0.127. The topological polar surface area (TPSA) is 67.9 Å². The van der Waals surface area contributed by atoms with E-state index in [1.165, 1.54) is 11.3 Å². The highest BCUT2D eigenvalue weighted by Gasteiger charge is 2.64. The van der Waals surface area contributed by atoms with Gasteiger partial charge in [0.2, 0.25) is 0 Å². The first-order valence-corrected chi connectivity index (χ1v) is 10.6. The summed E-state index contributed by atoms with van der Waals surface area (Å²) in [6.45, 7) is 7.75. The number of ketones is 1. The third-order valence-corrected chi connectivity index (χ3v) is 6.77. The SMILES string of the molecule is Cc1ccc2c(c1)C=CC1N2C(C(=O)C(C)(C)C)C(c2ccsc2)C1(C#N)C#N. The van der Waals surface area contributed by atoms with Gasteiger partial charge in [-0.25, -0.2) is 0 Å². The van der Waals surface area contributed by atoms with Crippen LogP contribution in [0.25, 0.3) is 6.08 Å². The smallest absolute Gasteiger partial charge is 0.176 e. The first-order valence-electron chi connectivity index (χ1n) is 9.70. The third-order valence-electron chi connectivity index (χ3n) is 6.07. The van der Waals surface area contributed by atoms with Crippen molar-refractivity contribution in [2.45, 2.75) is 45.7 Å². The third kappa shape index (κ3) is 2.73. The molecule has 1 saturated heterocycles. The highest BCUT2D eigenvalue weighted by molar-refractivity contribution is 7.08. The monoisotopic (exact) mass is 401 g/mol. The standard InChI is InChI=1S/C24H23N3OS/c1-15-5-7-18-16(11-15)6-8-19-24(13-25,14-26)20(17-9-10-29-12-17)21(27(18)19)22(28)23(2,3)4/h5-12,19-21H,1-4H3. The van der Waals surface area contributed by atoms with Crippen molar-refractivity contribution in [2.24, 2.45) is 10.8 Å². The average molecular weight is 402 g/mol. The number of rotatable bonds is 2. The molecular formula is C24H23N3OS. The van der Waals surface area contributed by atoms with E-state index >= 15 is 0 Å². The Labute approximate surface area is 175 Å². The van der Waals surface area contributed by atoms with Crippen molar-refractivity contribution < 1.29 is 4.79 Å². The molecule has 2 aliphatic rings.